The van der Waals surface area contributed by atoms with Crippen LogP contribution in [0.3, 0.4) is 0 Å². The molecule has 282 valence electrons. The van der Waals surface area contributed by atoms with E-state index in [1.165, 1.54) is 60.1 Å². The number of unbranched alkanes of at least 4 members (excludes halogenated alkanes) is 1. The number of hydrogen-bond acceptors (Lipinski definition) is 6. The molecule has 0 aromatic carbocycles. The second-order valence-corrected chi connectivity index (χ2v) is 15.6. The highest BCUT2D eigenvalue weighted by atomic mass is 16.6. The summed E-state index contributed by atoms with van der Waals surface area (Å²) in [6.07, 6.45) is 30.2. The highest BCUT2D eigenvalue weighted by Gasteiger charge is 2.27. The van der Waals surface area contributed by atoms with Crippen LogP contribution in [0.25, 0.3) is 0 Å². The first-order chi connectivity index (χ1) is 24.4. The Morgan fingerprint density at radius 2 is 0.942 bits per heavy atom. The number of allylic oxidation sites excluding steroid dienone is 18. The van der Waals surface area contributed by atoms with Gasteiger partial charge in [-0.05, 0) is 126 Å². The number of carbonyl (C=O) groups excluding carboxylic acids is 4. The van der Waals surface area contributed by atoms with E-state index in [1.807, 2.05) is 38.2 Å². The third-order valence-electron chi connectivity index (χ3n) is 9.68. The second-order valence-electron chi connectivity index (χ2n) is 15.6. The van der Waals surface area contributed by atoms with Crippen LogP contribution in [0.5, 0.6) is 0 Å². The van der Waals surface area contributed by atoms with Gasteiger partial charge in [0.1, 0.15) is 0 Å². The number of esters is 4. The molecule has 0 aliphatic heterocycles. The van der Waals surface area contributed by atoms with Crippen molar-refractivity contribution in [2.45, 2.75) is 133 Å². The normalized spacial score (nSPS) is 19.0. The van der Waals surface area contributed by atoms with Gasteiger partial charge in [0, 0.05) is 25.0 Å². The van der Waals surface area contributed by atoms with E-state index in [2.05, 4.69) is 65.8 Å². The van der Waals surface area contributed by atoms with Crippen molar-refractivity contribution in [3.05, 3.63) is 117 Å². The van der Waals surface area contributed by atoms with Crippen molar-refractivity contribution in [2.24, 2.45) is 10.8 Å². The maximum absolute atomic E-state index is 12.2. The van der Waals surface area contributed by atoms with Crippen LogP contribution in [0.1, 0.15) is 133 Å². The summed E-state index contributed by atoms with van der Waals surface area (Å²) >= 11 is 0. The molecule has 0 unspecified atom stereocenters. The molecule has 6 nitrogen and oxygen atoms in total. The highest BCUT2D eigenvalue weighted by molar-refractivity contribution is 5.93. The monoisotopic (exact) mass is 710 g/mol. The molecular weight excluding hydrogens is 648 g/mol. The first-order valence-corrected chi connectivity index (χ1v) is 18.7. The van der Waals surface area contributed by atoms with E-state index in [9.17, 15) is 19.2 Å². The first-order valence-electron chi connectivity index (χ1n) is 18.7. The fourth-order valence-corrected chi connectivity index (χ4v) is 6.66. The summed E-state index contributed by atoms with van der Waals surface area (Å²) in [4.78, 5) is 48.6. The van der Waals surface area contributed by atoms with Crippen LogP contribution in [0.4, 0.5) is 0 Å². The van der Waals surface area contributed by atoms with Gasteiger partial charge in [0.2, 0.25) is 0 Å². The molecule has 0 radical (unpaired) electrons. The summed E-state index contributed by atoms with van der Waals surface area (Å²) in [5.74, 6) is -2.83. The van der Waals surface area contributed by atoms with E-state index in [-0.39, 0.29) is 23.7 Å². The third kappa shape index (κ3) is 16.4. The van der Waals surface area contributed by atoms with Crippen LogP contribution in [0.2, 0.25) is 0 Å². The topological polar surface area (TPSA) is 86.7 Å². The molecule has 0 spiro atoms. The second kappa shape index (κ2) is 21.3. The maximum atomic E-state index is 12.2. The van der Waals surface area contributed by atoms with Gasteiger partial charge in [-0.25, -0.2) is 9.59 Å². The summed E-state index contributed by atoms with van der Waals surface area (Å²) in [5.41, 5.74) is 9.57. The molecule has 0 saturated carbocycles. The van der Waals surface area contributed by atoms with Gasteiger partial charge in [-0.3, -0.25) is 9.59 Å². The van der Waals surface area contributed by atoms with E-state index < -0.39 is 23.9 Å². The van der Waals surface area contributed by atoms with Gasteiger partial charge in [-0.15, -0.1) is 0 Å². The first kappa shape index (κ1) is 43.8. The molecule has 0 amide bonds. The molecule has 0 bridgehead atoms. The lowest BCUT2D eigenvalue weighted by Gasteiger charge is -2.33. The van der Waals surface area contributed by atoms with Crippen LogP contribution in [0, 0.1) is 10.8 Å². The largest absolute Gasteiger partial charge is 0.390 e. The van der Waals surface area contributed by atoms with E-state index >= 15 is 0 Å². The Morgan fingerprint density at radius 3 is 1.29 bits per heavy atom. The van der Waals surface area contributed by atoms with Crippen LogP contribution >= 0.6 is 0 Å². The summed E-state index contributed by atoms with van der Waals surface area (Å²) in [6.45, 7) is 21.2. The van der Waals surface area contributed by atoms with E-state index in [0.717, 1.165) is 24.0 Å². The maximum Gasteiger partial charge on any atom is 0.338 e. The average Bonchev–Trinajstić information content (AvgIpc) is 3.01. The molecule has 0 N–H and O–H groups in total. The van der Waals surface area contributed by atoms with Crippen molar-refractivity contribution in [3.63, 3.8) is 0 Å². The Balaban J connectivity index is 1.71. The van der Waals surface area contributed by atoms with Crippen LogP contribution in [0.15, 0.2) is 117 Å². The Hall–Kier alpha value is -4.32. The minimum atomic E-state index is -0.741. The Bertz CT molecular complexity index is 1520. The minimum Gasteiger partial charge on any atom is -0.390 e. The fourth-order valence-electron chi connectivity index (χ4n) is 6.66. The van der Waals surface area contributed by atoms with Crippen LogP contribution in [-0.4, -0.2) is 23.9 Å². The number of carbonyl (C=O) groups is 4. The van der Waals surface area contributed by atoms with Crippen molar-refractivity contribution in [1.29, 1.82) is 0 Å². The average molecular weight is 711 g/mol. The molecule has 2 aliphatic carbocycles. The molecule has 0 aromatic heterocycles. The smallest absolute Gasteiger partial charge is 0.338 e. The fraction of sp³-hybridized carbons (Fsp3) is 0.478. The predicted molar refractivity (Wildman–Crippen MR) is 213 cm³/mol. The van der Waals surface area contributed by atoms with Crippen molar-refractivity contribution in [1.82, 2.24) is 0 Å². The van der Waals surface area contributed by atoms with E-state index in [0.29, 0.717) is 24.0 Å². The molecule has 2 rings (SSSR count). The van der Waals surface area contributed by atoms with Crippen LogP contribution < -0.4 is 0 Å². The number of hydrogen-bond donors (Lipinski definition) is 0. The van der Waals surface area contributed by atoms with Crippen molar-refractivity contribution in [3.8, 4) is 0 Å². The summed E-state index contributed by atoms with van der Waals surface area (Å²) in [5, 5.41) is 0. The molecule has 6 heteroatoms. The van der Waals surface area contributed by atoms with Gasteiger partial charge >= 0.3 is 23.9 Å². The molecule has 0 saturated heterocycles. The van der Waals surface area contributed by atoms with Gasteiger partial charge in [-0.1, -0.05) is 111 Å². The lowest BCUT2D eigenvalue weighted by molar-refractivity contribution is -0.158. The predicted octanol–water partition coefficient (Wildman–Crippen LogP) is 11.7. The Morgan fingerprint density at radius 1 is 0.577 bits per heavy atom. The number of rotatable bonds is 15. The standard InChI is InChI=1S/C46H62O6/c1-33(25-27-39-37(5)21-15-29-45(39,7)8)17-13-19-35(3)31-43(49)51-41(47)23-11-12-24-42(48)52-44(50)32-36(4)20-14-18-34(2)26-28-40-38(6)22-16-30-46(40,9)10/h13-14,17-20,25-28,31-32H,11-12,15-16,21-24,29-30H2,1-10H3/b19-13+,20-14+,27-25+,28-26+,33-17+,34-18+,35-31+,36-32+. The quantitative estimate of drug-likeness (QED) is 0.0553. The molecule has 52 heavy (non-hydrogen) atoms. The molecule has 0 aromatic rings. The van der Waals surface area contributed by atoms with E-state index in [4.69, 9.17) is 9.47 Å². The lowest BCUT2D eigenvalue weighted by Crippen LogP contribution is -2.19. The Kier molecular flexibility index (Phi) is 17.9. The molecule has 0 heterocycles. The number of ether oxygens (including phenoxy) is 2. The Labute approximate surface area is 313 Å². The third-order valence-corrected chi connectivity index (χ3v) is 9.68. The molecule has 0 fully saturated rings. The zero-order valence-electron chi connectivity index (χ0n) is 33.4. The van der Waals surface area contributed by atoms with Crippen molar-refractivity contribution >= 4 is 23.9 Å². The summed E-state index contributed by atoms with van der Waals surface area (Å²) < 4.78 is 9.77. The molecule has 0 atom stereocenters. The van der Waals surface area contributed by atoms with E-state index in [1.54, 1.807) is 26.0 Å². The van der Waals surface area contributed by atoms with Gasteiger partial charge in [0.05, 0.1) is 0 Å². The molecular formula is C46H62O6. The minimum absolute atomic E-state index is 0.0302. The van der Waals surface area contributed by atoms with Gasteiger partial charge in [-0.2, -0.15) is 0 Å². The summed E-state index contributed by atoms with van der Waals surface area (Å²) in [7, 11) is 0. The lowest BCUT2D eigenvalue weighted by atomic mass is 9.72. The summed E-state index contributed by atoms with van der Waals surface area (Å²) in [6, 6.07) is 0. The van der Waals surface area contributed by atoms with Crippen LogP contribution in [-0.2, 0) is 28.7 Å². The zero-order valence-corrected chi connectivity index (χ0v) is 33.4. The zero-order chi connectivity index (χ0) is 38.9. The van der Waals surface area contributed by atoms with Gasteiger partial charge in [0.15, 0.2) is 0 Å². The molecule has 2 aliphatic rings. The van der Waals surface area contributed by atoms with Gasteiger partial charge in [0.25, 0.3) is 0 Å². The highest BCUT2D eigenvalue weighted by Crippen LogP contribution is 2.41. The van der Waals surface area contributed by atoms with Crippen molar-refractivity contribution in [2.75, 3.05) is 0 Å². The SMILES string of the molecule is CC1=C(/C=C/C(C)=C/C=C/C(C)=C/C(=O)OC(=O)CCCCC(=O)OC(=O)/C=C(C)/C=C/C=C(C)/C=C/C2=C(C)CCCC2(C)C)C(C)(C)CCC1. The van der Waals surface area contributed by atoms with Crippen molar-refractivity contribution < 1.29 is 28.7 Å². The van der Waals surface area contributed by atoms with Gasteiger partial charge < -0.3 is 9.47 Å².